The van der Waals surface area contributed by atoms with Gasteiger partial charge in [0.1, 0.15) is 11.3 Å². The minimum Gasteiger partial charge on any atom is -0.478 e. The van der Waals surface area contributed by atoms with Crippen molar-refractivity contribution in [1.29, 1.82) is 0 Å². The van der Waals surface area contributed by atoms with E-state index in [0.29, 0.717) is 6.42 Å². The Morgan fingerprint density at radius 2 is 1.73 bits per heavy atom. The van der Waals surface area contributed by atoms with Crippen molar-refractivity contribution in [2.24, 2.45) is 10.8 Å². The highest BCUT2D eigenvalue weighted by atomic mass is 31.1. The van der Waals surface area contributed by atoms with E-state index in [1.807, 2.05) is 6.92 Å². The monoisotopic (exact) mass is 384 g/mol. The first-order chi connectivity index (χ1) is 12.1. The molecule has 0 aliphatic carbocycles. The Labute approximate surface area is 154 Å². The molecule has 0 bridgehead atoms. The van der Waals surface area contributed by atoms with E-state index >= 15 is 0 Å². The Morgan fingerprint density at radius 3 is 2.27 bits per heavy atom. The van der Waals surface area contributed by atoms with E-state index in [9.17, 15) is 19.5 Å². The van der Waals surface area contributed by atoms with Crippen LogP contribution in [0.15, 0.2) is 24.3 Å². The summed E-state index contributed by atoms with van der Waals surface area (Å²) < 4.78 is 10.1. The molecule has 0 saturated heterocycles. The zero-order chi connectivity index (χ0) is 20.0. The van der Waals surface area contributed by atoms with Crippen molar-refractivity contribution in [3.63, 3.8) is 0 Å². The van der Waals surface area contributed by atoms with Gasteiger partial charge < -0.3 is 9.84 Å². The first-order valence-electron chi connectivity index (χ1n) is 8.16. The van der Waals surface area contributed by atoms with Crippen LogP contribution in [-0.2, 0) is 19.2 Å². The predicted molar refractivity (Wildman–Crippen MR) is 97.2 cm³/mol. The van der Waals surface area contributed by atoms with Crippen LogP contribution >= 0.6 is 8.81 Å². The molecule has 0 aliphatic heterocycles. The van der Waals surface area contributed by atoms with E-state index in [-0.39, 0.29) is 26.5 Å². The normalized spacial score (nSPS) is 14.0. The molecule has 1 rings (SSSR count). The summed E-state index contributed by atoms with van der Waals surface area (Å²) >= 11 is 0. The second kappa shape index (κ2) is 9.10. The van der Waals surface area contributed by atoms with E-state index in [4.69, 9.17) is 14.3 Å². The Hall–Kier alpha value is -1.98. The van der Waals surface area contributed by atoms with E-state index in [1.165, 1.54) is 12.1 Å². The van der Waals surface area contributed by atoms with E-state index < -0.39 is 28.7 Å². The molecule has 1 aromatic rings. The molecule has 1 N–H and O–H groups in total. The number of benzene rings is 1. The van der Waals surface area contributed by atoms with Crippen molar-refractivity contribution < 1.29 is 33.8 Å². The lowest BCUT2D eigenvalue weighted by molar-refractivity contribution is -0.221. The molecule has 0 radical (unpaired) electrons. The molecule has 0 fully saturated rings. The number of rotatable bonds is 9. The topological polar surface area (TPSA) is 99.1 Å². The van der Waals surface area contributed by atoms with Gasteiger partial charge in [-0.05, 0) is 52.4 Å². The van der Waals surface area contributed by atoms with Crippen LogP contribution in [0.3, 0.4) is 0 Å². The molecule has 0 spiro atoms. The first-order valence-corrected chi connectivity index (χ1v) is 9.57. The number of hydrogen-bond acceptors (Lipinski definition) is 6. The lowest BCUT2D eigenvalue weighted by Crippen LogP contribution is -2.39. The highest BCUT2D eigenvalue weighted by Crippen LogP contribution is 2.39. The zero-order valence-electron chi connectivity index (χ0n) is 15.6. The van der Waals surface area contributed by atoms with Gasteiger partial charge in [-0.1, -0.05) is 19.1 Å². The summed E-state index contributed by atoms with van der Waals surface area (Å²) in [5.41, 5.74) is -2.11. The molecule has 8 heteroatoms. The summed E-state index contributed by atoms with van der Waals surface area (Å²) in [4.78, 5) is 41.0. The molecule has 0 aromatic heterocycles. The SMILES string of the molecule is CCC(C)(CC(C)(C)C(=O)Oc1ccccc1C(=O)O)C(=O)OOPC. The maximum Gasteiger partial charge on any atom is 0.348 e. The third-order valence-electron chi connectivity index (χ3n) is 4.18. The third kappa shape index (κ3) is 5.51. The molecule has 26 heavy (non-hydrogen) atoms. The quantitative estimate of drug-likeness (QED) is 0.227. The third-order valence-corrected chi connectivity index (χ3v) is 4.43. The summed E-state index contributed by atoms with van der Waals surface area (Å²) in [6.45, 7) is 8.51. The van der Waals surface area contributed by atoms with Crippen LogP contribution in [0.2, 0.25) is 0 Å². The van der Waals surface area contributed by atoms with Gasteiger partial charge in [0.25, 0.3) is 0 Å². The number of para-hydroxylation sites is 1. The van der Waals surface area contributed by atoms with Crippen molar-refractivity contribution in [3.8, 4) is 5.75 Å². The Bertz CT molecular complexity index is 671. The summed E-state index contributed by atoms with van der Waals surface area (Å²) in [6.07, 6.45) is 0.587. The van der Waals surface area contributed by atoms with Crippen LogP contribution in [0.25, 0.3) is 0 Å². The maximum atomic E-state index is 12.6. The van der Waals surface area contributed by atoms with Gasteiger partial charge in [-0.25, -0.2) is 9.59 Å². The fourth-order valence-electron chi connectivity index (χ4n) is 2.54. The number of ether oxygens (including phenoxy) is 1. The molecule has 0 saturated carbocycles. The highest BCUT2D eigenvalue weighted by molar-refractivity contribution is 7.31. The van der Waals surface area contributed by atoms with Crippen molar-refractivity contribution in [1.82, 2.24) is 0 Å². The van der Waals surface area contributed by atoms with Crippen LogP contribution in [0.5, 0.6) is 5.75 Å². The Balaban J connectivity index is 2.97. The van der Waals surface area contributed by atoms with E-state index in [1.54, 1.807) is 39.6 Å². The fourth-order valence-corrected chi connectivity index (χ4v) is 2.70. The van der Waals surface area contributed by atoms with Gasteiger partial charge in [0.2, 0.25) is 0 Å². The number of hydrogen-bond donors (Lipinski definition) is 1. The second-order valence-electron chi connectivity index (χ2n) is 6.82. The molecule has 0 amide bonds. The highest BCUT2D eigenvalue weighted by Gasteiger charge is 2.44. The molecule has 2 atom stereocenters. The van der Waals surface area contributed by atoms with Gasteiger partial charge in [0.15, 0.2) is 0 Å². The smallest absolute Gasteiger partial charge is 0.348 e. The average molecular weight is 384 g/mol. The minimum absolute atomic E-state index is 0.00131. The number of carbonyl (C=O) groups excluding carboxylic acids is 2. The lowest BCUT2D eigenvalue weighted by atomic mass is 9.72. The van der Waals surface area contributed by atoms with Crippen LogP contribution in [-0.4, -0.2) is 29.7 Å². The van der Waals surface area contributed by atoms with Crippen LogP contribution in [0, 0.1) is 10.8 Å². The maximum absolute atomic E-state index is 12.6. The summed E-state index contributed by atoms with van der Waals surface area (Å²) in [6, 6.07) is 5.90. The molecule has 1 aromatic carbocycles. The summed E-state index contributed by atoms with van der Waals surface area (Å²) in [7, 11) is 0.00131. The summed E-state index contributed by atoms with van der Waals surface area (Å²) in [5.74, 6) is -2.40. The van der Waals surface area contributed by atoms with Gasteiger partial charge in [-0.15, -0.1) is 0 Å². The lowest BCUT2D eigenvalue weighted by Gasteiger charge is -2.32. The largest absolute Gasteiger partial charge is 0.478 e. The molecular formula is C18H25O7P. The van der Waals surface area contributed by atoms with Crippen LogP contribution in [0.1, 0.15) is 50.9 Å². The van der Waals surface area contributed by atoms with E-state index in [2.05, 4.69) is 0 Å². The Morgan fingerprint density at radius 1 is 1.12 bits per heavy atom. The van der Waals surface area contributed by atoms with Gasteiger partial charge in [-0.2, -0.15) is 4.67 Å². The standard InChI is InChI=1S/C18H25O7P/c1-6-18(4,16(22)24-25-26-5)11-17(2,3)15(21)23-13-10-8-7-9-12(13)14(19)20/h7-10,26H,6,11H2,1-5H3,(H,19,20). The van der Waals surface area contributed by atoms with Crippen LogP contribution < -0.4 is 4.74 Å². The van der Waals surface area contributed by atoms with Crippen molar-refractivity contribution in [2.45, 2.75) is 40.5 Å². The first kappa shape index (κ1) is 22.1. The van der Waals surface area contributed by atoms with Gasteiger partial charge in [0.05, 0.1) is 19.6 Å². The van der Waals surface area contributed by atoms with Crippen molar-refractivity contribution >= 4 is 26.7 Å². The van der Waals surface area contributed by atoms with Gasteiger partial charge in [-0.3, -0.25) is 9.68 Å². The van der Waals surface area contributed by atoms with Gasteiger partial charge in [0, 0.05) is 0 Å². The molecular weight excluding hydrogens is 359 g/mol. The molecule has 0 aliphatic rings. The number of carbonyl (C=O) groups is 3. The Kier molecular flexibility index (Phi) is 7.72. The number of esters is 1. The average Bonchev–Trinajstić information content (AvgIpc) is 2.59. The summed E-state index contributed by atoms with van der Waals surface area (Å²) in [5, 5.41) is 9.20. The number of aromatic carboxylic acids is 1. The fraction of sp³-hybridized carbons (Fsp3) is 0.500. The zero-order valence-corrected chi connectivity index (χ0v) is 16.6. The molecule has 2 unspecified atom stereocenters. The van der Waals surface area contributed by atoms with Crippen molar-refractivity contribution in [3.05, 3.63) is 29.8 Å². The predicted octanol–water partition coefficient (Wildman–Crippen LogP) is 3.82. The van der Waals surface area contributed by atoms with E-state index in [0.717, 1.165) is 0 Å². The van der Waals surface area contributed by atoms with Crippen LogP contribution in [0.4, 0.5) is 0 Å². The number of carboxylic acids is 1. The van der Waals surface area contributed by atoms with Gasteiger partial charge >= 0.3 is 17.9 Å². The molecule has 7 nitrogen and oxygen atoms in total. The minimum atomic E-state index is -1.19. The van der Waals surface area contributed by atoms with Crippen molar-refractivity contribution in [2.75, 3.05) is 6.66 Å². The second-order valence-corrected chi connectivity index (χ2v) is 7.40. The molecule has 0 heterocycles. The molecule has 144 valence electrons. The number of carboxylic acid groups (broad SMARTS) is 1.